The highest BCUT2D eigenvalue weighted by atomic mass is 35.5. The summed E-state index contributed by atoms with van der Waals surface area (Å²) in [7, 11) is 0. The number of nitrogens with one attached hydrogen (secondary N) is 2. The number of hydrogen-bond acceptors (Lipinski definition) is 4. The summed E-state index contributed by atoms with van der Waals surface area (Å²) in [5.74, 6) is 0.463. The third-order valence-electron chi connectivity index (χ3n) is 2.45. The van der Waals surface area contributed by atoms with Gasteiger partial charge in [0.1, 0.15) is 5.02 Å². The molecule has 5 nitrogen and oxygen atoms in total. The molecule has 0 atom stereocenters. The molecule has 2 aromatic heterocycles. The van der Waals surface area contributed by atoms with Crippen molar-refractivity contribution in [3.8, 4) is 0 Å². The molecule has 2 heterocycles. The molecule has 0 bridgehead atoms. The van der Waals surface area contributed by atoms with E-state index in [2.05, 4.69) is 25.5 Å². The number of nitrogens with zero attached hydrogens (tertiary/aromatic N) is 3. The van der Waals surface area contributed by atoms with Crippen molar-refractivity contribution >= 4 is 45.6 Å². The van der Waals surface area contributed by atoms with Crippen molar-refractivity contribution in [2.24, 2.45) is 0 Å². The lowest BCUT2D eigenvalue weighted by atomic mass is 10.2. The van der Waals surface area contributed by atoms with Crippen LogP contribution in [0.15, 0.2) is 30.6 Å². The van der Waals surface area contributed by atoms with E-state index in [4.69, 9.17) is 23.2 Å². The van der Waals surface area contributed by atoms with E-state index in [9.17, 15) is 0 Å². The third kappa shape index (κ3) is 1.98. The van der Waals surface area contributed by atoms with Crippen molar-refractivity contribution in [1.82, 2.24) is 20.2 Å². The molecular formula is C11H7Cl2N5. The summed E-state index contributed by atoms with van der Waals surface area (Å²) in [4.78, 5) is 7.84. The number of fused-ring (bicyclic) bond motifs is 1. The maximum Gasteiger partial charge on any atom is 0.224 e. The zero-order valence-corrected chi connectivity index (χ0v) is 10.5. The van der Waals surface area contributed by atoms with E-state index in [1.54, 1.807) is 6.20 Å². The van der Waals surface area contributed by atoms with Gasteiger partial charge >= 0.3 is 0 Å². The molecule has 0 fully saturated rings. The molecule has 0 saturated heterocycles. The molecule has 0 amide bonds. The van der Waals surface area contributed by atoms with Crippen LogP contribution in [-0.4, -0.2) is 20.2 Å². The van der Waals surface area contributed by atoms with Crippen LogP contribution < -0.4 is 5.32 Å². The molecule has 90 valence electrons. The lowest BCUT2D eigenvalue weighted by molar-refractivity contribution is 1.12. The predicted molar refractivity (Wildman–Crippen MR) is 71.4 cm³/mol. The number of benzene rings is 1. The van der Waals surface area contributed by atoms with Crippen molar-refractivity contribution < 1.29 is 0 Å². The molecule has 3 aromatic rings. The highest BCUT2D eigenvalue weighted by Gasteiger charge is 2.07. The summed E-state index contributed by atoms with van der Waals surface area (Å²) in [6, 6.07) is 5.74. The van der Waals surface area contributed by atoms with Crippen LogP contribution in [0.25, 0.3) is 10.9 Å². The molecule has 0 radical (unpaired) electrons. The first-order chi connectivity index (χ1) is 8.74. The number of halogens is 2. The quantitative estimate of drug-likeness (QED) is 0.706. The summed E-state index contributed by atoms with van der Waals surface area (Å²) in [5, 5.41) is 11.5. The highest BCUT2D eigenvalue weighted by molar-refractivity contribution is 6.33. The average molecular weight is 280 g/mol. The maximum absolute atomic E-state index is 6.00. The number of rotatable bonds is 2. The molecule has 0 aliphatic heterocycles. The lowest BCUT2D eigenvalue weighted by Crippen LogP contribution is -1.96. The van der Waals surface area contributed by atoms with Crippen LogP contribution in [0.1, 0.15) is 0 Å². The molecule has 0 saturated carbocycles. The fourth-order valence-electron chi connectivity index (χ4n) is 1.64. The third-order valence-corrected chi connectivity index (χ3v) is 2.91. The number of H-pyrrole nitrogens is 1. The molecule has 0 spiro atoms. The van der Waals surface area contributed by atoms with Gasteiger partial charge in [-0.2, -0.15) is 10.1 Å². The van der Waals surface area contributed by atoms with Gasteiger partial charge in [0.05, 0.1) is 23.6 Å². The summed E-state index contributed by atoms with van der Waals surface area (Å²) in [5.41, 5.74) is 1.77. The van der Waals surface area contributed by atoms with Crippen molar-refractivity contribution in [2.75, 3.05) is 5.32 Å². The average Bonchev–Trinajstić information content (AvgIpc) is 2.83. The minimum absolute atomic E-state index is 0.140. The van der Waals surface area contributed by atoms with Gasteiger partial charge in [0.25, 0.3) is 0 Å². The van der Waals surface area contributed by atoms with Gasteiger partial charge < -0.3 is 5.32 Å². The van der Waals surface area contributed by atoms with Gasteiger partial charge in [-0.25, -0.2) is 4.98 Å². The molecule has 0 aliphatic rings. The largest absolute Gasteiger partial charge is 0.338 e. The van der Waals surface area contributed by atoms with Crippen molar-refractivity contribution in [3.05, 3.63) is 40.9 Å². The Bertz CT molecular complexity index is 709. The van der Waals surface area contributed by atoms with Gasteiger partial charge in [-0.05, 0) is 23.7 Å². The zero-order valence-electron chi connectivity index (χ0n) is 8.98. The standard InChI is InChI=1S/C11H7Cl2N5/c12-7-5-14-11(13)17-10(7)16-8-2-1-3-9-6(8)4-15-18-9/h1-5H,(H,15,18)(H,14,16,17). The summed E-state index contributed by atoms with van der Waals surface area (Å²) >= 11 is 11.7. The molecule has 7 heteroatoms. The summed E-state index contributed by atoms with van der Waals surface area (Å²) in [6.45, 7) is 0. The minimum atomic E-state index is 0.140. The molecule has 0 unspecified atom stereocenters. The Hall–Kier alpha value is -1.85. The van der Waals surface area contributed by atoms with Gasteiger partial charge in [-0.15, -0.1) is 0 Å². The van der Waals surface area contributed by atoms with Crippen LogP contribution in [-0.2, 0) is 0 Å². The van der Waals surface area contributed by atoms with Gasteiger partial charge in [-0.1, -0.05) is 17.7 Å². The first-order valence-electron chi connectivity index (χ1n) is 5.11. The summed E-state index contributed by atoms with van der Waals surface area (Å²) in [6.07, 6.45) is 3.18. The fourth-order valence-corrected chi connectivity index (χ4v) is 1.91. The zero-order chi connectivity index (χ0) is 12.5. The van der Waals surface area contributed by atoms with Gasteiger partial charge in [0.2, 0.25) is 5.28 Å². The number of aromatic amines is 1. The van der Waals surface area contributed by atoms with E-state index in [-0.39, 0.29) is 5.28 Å². The van der Waals surface area contributed by atoms with Crippen LogP contribution >= 0.6 is 23.2 Å². The van der Waals surface area contributed by atoms with E-state index in [0.717, 1.165) is 16.6 Å². The number of anilines is 2. The molecular weight excluding hydrogens is 273 g/mol. The van der Waals surface area contributed by atoms with E-state index < -0.39 is 0 Å². The molecule has 2 N–H and O–H groups in total. The first kappa shape index (κ1) is 11.3. The Kier molecular flexibility index (Phi) is 2.77. The van der Waals surface area contributed by atoms with Crippen LogP contribution in [0, 0.1) is 0 Å². The minimum Gasteiger partial charge on any atom is -0.338 e. The Morgan fingerprint density at radius 2 is 2.06 bits per heavy atom. The van der Waals surface area contributed by atoms with Crippen LogP contribution in [0.3, 0.4) is 0 Å². The van der Waals surface area contributed by atoms with Crippen molar-refractivity contribution in [3.63, 3.8) is 0 Å². The second-order valence-electron chi connectivity index (χ2n) is 3.60. The lowest BCUT2D eigenvalue weighted by Gasteiger charge is -2.07. The Morgan fingerprint density at radius 3 is 2.94 bits per heavy atom. The smallest absolute Gasteiger partial charge is 0.224 e. The highest BCUT2D eigenvalue weighted by Crippen LogP contribution is 2.28. The molecule has 3 rings (SSSR count). The number of aromatic nitrogens is 4. The second-order valence-corrected chi connectivity index (χ2v) is 4.34. The van der Waals surface area contributed by atoms with E-state index in [1.165, 1.54) is 6.20 Å². The SMILES string of the molecule is Clc1ncc(Cl)c(Nc2cccc3[nH]ncc23)n1. The van der Waals surface area contributed by atoms with E-state index >= 15 is 0 Å². The van der Waals surface area contributed by atoms with Crippen molar-refractivity contribution in [1.29, 1.82) is 0 Å². The molecule has 1 aromatic carbocycles. The first-order valence-corrected chi connectivity index (χ1v) is 5.87. The molecule has 18 heavy (non-hydrogen) atoms. The van der Waals surface area contributed by atoms with Crippen LogP contribution in [0.2, 0.25) is 10.3 Å². The van der Waals surface area contributed by atoms with E-state index in [0.29, 0.717) is 10.8 Å². The predicted octanol–water partition coefficient (Wildman–Crippen LogP) is 3.40. The van der Waals surface area contributed by atoms with Crippen molar-refractivity contribution in [2.45, 2.75) is 0 Å². The Labute approximate surface area is 112 Å². The Morgan fingerprint density at radius 1 is 1.17 bits per heavy atom. The van der Waals surface area contributed by atoms with Gasteiger partial charge in [0.15, 0.2) is 5.82 Å². The monoisotopic (exact) mass is 279 g/mol. The summed E-state index contributed by atoms with van der Waals surface area (Å²) < 4.78 is 0. The fraction of sp³-hybridized carbons (Fsp3) is 0. The van der Waals surface area contributed by atoms with Gasteiger partial charge in [-0.3, -0.25) is 5.10 Å². The maximum atomic E-state index is 6.00. The second kappa shape index (κ2) is 4.44. The topological polar surface area (TPSA) is 66.5 Å². The van der Waals surface area contributed by atoms with E-state index in [1.807, 2.05) is 18.2 Å². The van der Waals surface area contributed by atoms with Gasteiger partial charge in [0, 0.05) is 5.39 Å². The van der Waals surface area contributed by atoms with Crippen LogP contribution in [0.4, 0.5) is 11.5 Å². The Balaban J connectivity index is 2.06. The number of hydrogen-bond donors (Lipinski definition) is 2. The van der Waals surface area contributed by atoms with Crippen LogP contribution in [0.5, 0.6) is 0 Å². The normalized spacial score (nSPS) is 10.8. The molecule has 0 aliphatic carbocycles.